The number of nitrogens with one attached hydrogen (secondary N) is 2. The summed E-state index contributed by atoms with van der Waals surface area (Å²) in [5.41, 5.74) is 0.470. The van der Waals surface area contributed by atoms with E-state index in [1.54, 1.807) is 37.3 Å². The molecular formula is C13H12BrN3O3. The Hall–Kier alpha value is -2.15. The van der Waals surface area contributed by atoms with Crippen molar-refractivity contribution in [2.24, 2.45) is 0 Å². The summed E-state index contributed by atoms with van der Waals surface area (Å²) in [6, 6.07) is 8.57. The van der Waals surface area contributed by atoms with Gasteiger partial charge in [-0.1, -0.05) is 17.3 Å². The number of nitrogens with zero attached hydrogens (tertiary/aromatic N) is 1. The number of halogens is 1. The molecule has 6 nitrogen and oxygen atoms in total. The van der Waals surface area contributed by atoms with Gasteiger partial charge in [-0.05, 0) is 35.0 Å². The van der Waals surface area contributed by atoms with Crippen molar-refractivity contribution in [2.45, 2.75) is 6.92 Å². The first-order valence-electron chi connectivity index (χ1n) is 5.82. The lowest BCUT2D eigenvalue weighted by atomic mass is 10.2. The number of carbonyl (C=O) groups excluding carboxylic acids is 2. The number of carbonyl (C=O) groups is 2. The number of aromatic nitrogens is 1. The van der Waals surface area contributed by atoms with Crippen LogP contribution < -0.4 is 10.6 Å². The lowest BCUT2D eigenvalue weighted by Gasteiger charge is -2.06. The van der Waals surface area contributed by atoms with Gasteiger partial charge in [-0.25, -0.2) is 0 Å². The van der Waals surface area contributed by atoms with Crippen LogP contribution in [0.2, 0.25) is 0 Å². The van der Waals surface area contributed by atoms with Gasteiger partial charge in [0, 0.05) is 10.5 Å². The van der Waals surface area contributed by atoms with Gasteiger partial charge in [-0.15, -0.1) is 0 Å². The van der Waals surface area contributed by atoms with Crippen LogP contribution in [-0.2, 0) is 4.79 Å². The first-order valence-corrected chi connectivity index (χ1v) is 6.61. The Bertz CT molecular complexity index is 639. The van der Waals surface area contributed by atoms with E-state index in [0.717, 1.165) is 0 Å². The number of aryl methyl sites for hydroxylation is 1. The molecule has 0 aliphatic heterocycles. The van der Waals surface area contributed by atoms with E-state index in [-0.39, 0.29) is 18.4 Å². The van der Waals surface area contributed by atoms with Crippen molar-refractivity contribution < 1.29 is 14.1 Å². The smallest absolute Gasteiger partial charge is 0.252 e. The zero-order valence-electron chi connectivity index (χ0n) is 10.6. The molecule has 0 bridgehead atoms. The molecule has 0 atom stereocenters. The lowest BCUT2D eigenvalue weighted by Crippen LogP contribution is -2.33. The van der Waals surface area contributed by atoms with Crippen LogP contribution in [-0.4, -0.2) is 23.5 Å². The first-order chi connectivity index (χ1) is 9.56. The van der Waals surface area contributed by atoms with E-state index in [1.165, 1.54) is 0 Å². The van der Waals surface area contributed by atoms with Gasteiger partial charge >= 0.3 is 0 Å². The maximum absolute atomic E-state index is 11.9. The number of anilines is 1. The highest BCUT2D eigenvalue weighted by Crippen LogP contribution is 2.15. The highest BCUT2D eigenvalue weighted by molar-refractivity contribution is 9.10. The van der Waals surface area contributed by atoms with Crippen molar-refractivity contribution in [2.75, 3.05) is 11.9 Å². The zero-order chi connectivity index (χ0) is 14.5. The maximum Gasteiger partial charge on any atom is 0.252 e. The third kappa shape index (κ3) is 3.67. The molecule has 0 saturated carbocycles. The van der Waals surface area contributed by atoms with Crippen LogP contribution in [0.1, 0.15) is 16.1 Å². The summed E-state index contributed by atoms with van der Waals surface area (Å²) in [6.45, 7) is 1.57. The van der Waals surface area contributed by atoms with E-state index < -0.39 is 0 Å². The summed E-state index contributed by atoms with van der Waals surface area (Å²) in [5.74, 6) is 0.211. The predicted octanol–water partition coefficient (Wildman–Crippen LogP) is 2.11. The van der Waals surface area contributed by atoms with Gasteiger partial charge in [0.05, 0.1) is 12.1 Å². The third-order valence-corrected chi connectivity index (χ3v) is 3.11. The van der Waals surface area contributed by atoms with Crippen LogP contribution in [0.15, 0.2) is 39.3 Å². The summed E-state index contributed by atoms with van der Waals surface area (Å²) >= 11 is 3.28. The second-order valence-electron chi connectivity index (χ2n) is 4.03. The monoisotopic (exact) mass is 337 g/mol. The molecule has 0 radical (unpaired) electrons. The molecule has 0 aliphatic carbocycles. The standard InChI is InChI=1S/C13H12BrN3O3/c1-8-6-11(17-20-8)16-12(18)7-15-13(19)9-4-2-3-5-10(9)14/h2-6H,7H2,1H3,(H,15,19)(H,16,17,18). The van der Waals surface area contributed by atoms with Gasteiger partial charge < -0.3 is 15.2 Å². The molecule has 0 aliphatic rings. The van der Waals surface area contributed by atoms with E-state index in [2.05, 4.69) is 31.7 Å². The highest BCUT2D eigenvalue weighted by atomic mass is 79.9. The Morgan fingerprint density at radius 1 is 1.35 bits per heavy atom. The molecule has 104 valence electrons. The van der Waals surface area contributed by atoms with Gasteiger partial charge in [0.2, 0.25) is 5.91 Å². The minimum absolute atomic E-state index is 0.147. The Morgan fingerprint density at radius 3 is 2.75 bits per heavy atom. The van der Waals surface area contributed by atoms with Crippen LogP contribution in [0.5, 0.6) is 0 Å². The fraction of sp³-hybridized carbons (Fsp3) is 0.154. The van der Waals surface area contributed by atoms with Crippen molar-refractivity contribution in [1.29, 1.82) is 0 Å². The van der Waals surface area contributed by atoms with Crippen LogP contribution in [0.4, 0.5) is 5.82 Å². The van der Waals surface area contributed by atoms with Gasteiger partial charge in [0.25, 0.3) is 5.91 Å². The van der Waals surface area contributed by atoms with Crippen LogP contribution >= 0.6 is 15.9 Å². The topological polar surface area (TPSA) is 84.2 Å². The Morgan fingerprint density at radius 2 is 2.10 bits per heavy atom. The van der Waals surface area contributed by atoms with E-state index >= 15 is 0 Å². The van der Waals surface area contributed by atoms with Crippen molar-refractivity contribution in [3.05, 3.63) is 46.1 Å². The molecule has 0 unspecified atom stereocenters. The molecular weight excluding hydrogens is 326 g/mol. The first kappa shape index (κ1) is 14.3. The second-order valence-corrected chi connectivity index (χ2v) is 4.89. The lowest BCUT2D eigenvalue weighted by molar-refractivity contribution is -0.115. The normalized spacial score (nSPS) is 10.1. The van der Waals surface area contributed by atoms with Gasteiger partial charge in [-0.2, -0.15) is 0 Å². The number of hydrogen-bond acceptors (Lipinski definition) is 4. The molecule has 2 rings (SSSR count). The Kier molecular flexibility index (Phi) is 4.52. The molecule has 1 aromatic heterocycles. The average molecular weight is 338 g/mol. The predicted molar refractivity (Wildman–Crippen MR) is 76.3 cm³/mol. The summed E-state index contributed by atoms with van der Waals surface area (Å²) in [7, 11) is 0. The van der Waals surface area contributed by atoms with Gasteiger partial charge in [-0.3, -0.25) is 9.59 Å². The zero-order valence-corrected chi connectivity index (χ0v) is 12.2. The van der Waals surface area contributed by atoms with Gasteiger partial charge in [0.15, 0.2) is 5.82 Å². The third-order valence-electron chi connectivity index (χ3n) is 2.42. The summed E-state index contributed by atoms with van der Waals surface area (Å²) in [5, 5.41) is 8.67. The molecule has 0 spiro atoms. The maximum atomic E-state index is 11.9. The van der Waals surface area contributed by atoms with Crippen molar-refractivity contribution in [3.63, 3.8) is 0 Å². The van der Waals surface area contributed by atoms with E-state index in [1.807, 2.05) is 0 Å². The Balaban J connectivity index is 1.87. The largest absolute Gasteiger partial charge is 0.360 e. The number of amides is 2. The number of rotatable bonds is 4. The molecule has 2 aromatic rings. The van der Waals surface area contributed by atoms with Crippen LogP contribution in [0, 0.1) is 6.92 Å². The van der Waals surface area contributed by atoms with Crippen LogP contribution in [0.25, 0.3) is 0 Å². The van der Waals surface area contributed by atoms with E-state index in [0.29, 0.717) is 21.6 Å². The summed E-state index contributed by atoms with van der Waals surface area (Å²) in [6.07, 6.45) is 0. The molecule has 0 fully saturated rings. The molecule has 0 saturated heterocycles. The van der Waals surface area contributed by atoms with Crippen LogP contribution in [0.3, 0.4) is 0 Å². The van der Waals surface area contributed by atoms with Crippen molar-refractivity contribution >= 4 is 33.6 Å². The van der Waals surface area contributed by atoms with E-state index in [4.69, 9.17) is 4.52 Å². The van der Waals surface area contributed by atoms with Gasteiger partial charge in [0.1, 0.15) is 5.76 Å². The fourth-order valence-electron chi connectivity index (χ4n) is 1.51. The minimum atomic E-state index is -0.376. The number of hydrogen-bond donors (Lipinski definition) is 2. The summed E-state index contributed by atoms with van der Waals surface area (Å²) < 4.78 is 5.49. The molecule has 20 heavy (non-hydrogen) atoms. The quantitative estimate of drug-likeness (QED) is 0.894. The fourth-order valence-corrected chi connectivity index (χ4v) is 1.98. The number of benzene rings is 1. The minimum Gasteiger partial charge on any atom is -0.360 e. The van der Waals surface area contributed by atoms with Crippen molar-refractivity contribution in [1.82, 2.24) is 10.5 Å². The second kappa shape index (κ2) is 6.33. The molecule has 2 amide bonds. The molecule has 1 aromatic carbocycles. The SMILES string of the molecule is Cc1cc(NC(=O)CNC(=O)c2ccccc2Br)no1. The van der Waals surface area contributed by atoms with E-state index in [9.17, 15) is 9.59 Å². The average Bonchev–Trinajstić information content (AvgIpc) is 2.82. The molecule has 1 heterocycles. The highest BCUT2D eigenvalue weighted by Gasteiger charge is 2.11. The van der Waals surface area contributed by atoms with Crippen molar-refractivity contribution in [3.8, 4) is 0 Å². The summed E-state index contributed by atoms with van der Waals surface area (Å²) in [4.78, 5) is 23.5. The molecule has 7 heteroatoms. The Labute approximate surface area is 123 Å². The molecule has 2 N–H and O–H groups in total.